The molecule has 1 unspecified atom stereocenters. The average molecular weight is 1010 g/mol. The van der Waals surface area contributed by atoms with E-state index < -0.39 is 32.5 Å². The fraction of sp³-hybridized carbons (Fsp3) is 0.867. The molecular formula is C60H114NO8P. The number of rotatable bonds is 55. The Hall–Kier alpha value is -1.77. The molecule has 0 rings (SSSR count). The fourth-order valence-electron chi connectivity index (χ4n) is 8.51. The van der Waals surface area contributed by atoms with Crippen molar-refractivity contribution in [3.63, 3.8) is 0 Å². The summed E-state index contributed by atoms with van der Waals surface area (Å²) in [5, 5.41) is 0. The number of hydrogen-bond donors (Lipinski definition) is 0. The lowest BCUT2D eigenvalue weighted by atomic mass is 10.0. The Labute approximate surface area is 433 Å². The third-order valence-electron chi connectivity index (χ3n) is 13.1. The Morgan fingerprint density at radius 3 is 1.10 bits per heavy atom. The van der Waals surface area contributed by atoms with Crippen molar-refractivity contribution in [1.82, 2.24) is 0 Å². The van der Waals surface area contributed by atoms with Crippen LogP contribution in [0.25, 0.3) is 0 Å². The molecule has 0 fully saturated rings. The molecule has 2 atom stereocenters. The van der Waals surface area contributed by atoms with Crippen LogP contribution in [0.5, 0.6) is 0 Å². The molecule has 0 spiro atoms. The topological polar surface area (TPSA) is 111 Å². The van der Waals surface area contributed by atoms with Gasteiger partial charge < -0.3 is 27.9 Å². The van der Waals surface area contributed by atoms with Crippen LogP contribution >= 0.6 is 7.82 Å². The molecule has 0 saturated carbocycles. The summed E-state index contributed by atoms with van der Waals surface area (Å²) in [5.74, 6) is -0.909. The Balaban J connectivity index is 4.21. The molecule has 0 bridgehead atoms. The molecule has 0 N–H and O–H groups in total. The number of allylic oxidation sites excluding steroid dienone is 6. The number of nitrogens with zero attached hydrogens (tertiary/aromatic N) is 1. The highest BCUT2D eigenvalue weighted by atomic mass is 31.2. The molecule has 0 aromatic rings. The van der Waals surface area contributed by atoms with Gasteiger partial charge >= 0.3 is 11.9 Å². The highest BCUT2D eigenvalue weighted by molar-refractivity contribution is 7.45. The molecule has 0 aliphatic carbocycles. The Morgan fingerprint density at radius 2 is 0.743 bits per heavy atom. The number of carbonyl (C=O) groups excluding carboxylic acids is 2. The average Bonchev–Trinajstić information content (AvgIpc) is 3.32. The van der Waals surface area contributed by atoms with Gasteiger partial charge in [-0.25, -0.2) is 0 Å². The zero-order valence-electron chi connectivity index (χ0n) is 46.7. The van der Waals surface area contributed by atoms with Gasteiger partial charge in [0.1, 0.15) is 19.8 Å². The Morgan fingerprint density at radius 1 is 0.429 bits per heavy atom. The number of unbranched alkanes of at least 4 members (excludes halogenated alkanes) is 35. The van der Waals surface area contributed by atoms with Crippen molar-refractivity contribution in [3.05, 3.63) is 36.5 Å². The standard InChI is InChI=1S/C60H114NO8P/c1-6-8-10-12-14-16-18-20-22-24-26-28-30-32-34-36-38-40-42-44-46-48-50-52-59(62)66-56-58(57-68-70(64,65)67-55-54-61(3,4)5)69-60(63)53-51-49-47-45-43-41-39-37-35-33-31-29-27-25-23-21-19-17-15-13-11-9-7-2/h36,38,44-47,58H,6-35,37,39-43,48-57H2,1-5H3/b38-36+,46-44+,47-45+/t58-/m1/s1. The van der Waals surface area contributed by atoms with Crippen LogP contribution in [0.15, 0.2) is 36.5 Å². The van der Waals surface area contributed by atoms with Gasteiger partial charge in [0, 0.05) is 12.8 Å². The van der Waals surface area contributed by atoms with Crippen molar-refractivity contribution in [2.24, 2.45) is 0 Å². The number of quaternary nitrogens is 1. The Kier molecular flexibility index (Phi) is 50.8. The molecule has 9 nitrogen and oxygen atoms in total. The number of phosphoric acid groups is 1. The number of likely N-dealkylation sites (N-methyl/N-ethyl adjacent to an activating group) is 1. The SMILES string of the molecule is CCCCCCCCCCCCCCCC/C=C/CC/C=C/CCCC(=O)OC[C@H](COP(=O)([O-])OCC[N+](C)(C)C)OC(=O)CCC/C=C/CCCCCCCCCCCCCCCCCCCC. The number of carbonyl (C=O) groups is 2. The predicted octanol–water partition coefficient (Wildman–Crippen LogP) is 17.7. The van der Waals surface area contributed by atoms with Crippen LogP contribution in [0.3, 0.4) is 0 Å². The van der Waals surface area contributed by atoms with E-state index in [1.165, 1.54) is 205 Å². The summed E-state index contributed by atoms with van der Waals surface area (Å²) in [7, 11) is 1.14. The Bertz CT molecular complexity index is 1280. The molecule has 10 heteroatoms. The second kappa shape index (κ2) is 52.1. The van der Waals surface area contributed by atoms with E-state index in [0.29, 0.717) is 23.9 Å². The van der Waals surface area contributed by atoms with Crippen molar-refractivity contribution in [2.75, 3.05) is 47.5 Å². The first-order valence-electron chi connectivity index (χ1n) is 29.7. The van der Waals surface area contributed by atoms with E-state index in [9.17, 15) is 19.0 Å². The third-order valence-corrected chi connectivity index (χ3v) is 14.1. The lowest BCUT2D eigenvalue weighted by molar-refractivity contribution is -0.870. The molecule has 0 aliphatic rings. The summed E-state index contributed by atoms with van der Waals surface area (Å²) in [6.45, 7) is 4.21. The van der Waals surface area contributed by atoms with Crippen molar-refractivity contribution in [1.29, 1.82) is 0 Å². The van der Waals surface area contributed by atoms with Crippen LogP contribution in [0.1, 0.15) is 284 Å². The van der Waals surface area contributed by atoms with Gasteiger partial charge in [0.2, 0.25) is 0 Å². The summed E-state index contributed by atoms with van der Waals surface area (Å²) in [6, 6.07) is 0. The third kappa shape index (κ3) is 55.5. The van der Waals surface area contributed by atoms with Crippen LogP contribution in [-0.4, -0.2) is 70.0 Å². The van der Waals surface area contributed by atoms with Gasteiger partial charge in [0.05, 0.1) is 27.7 Å². The highest BCUT2D eigenvalue weighted by Gasteiger charge is 2.21. The minimum absolute atomic E-state index is 0.0402. The van der Waals surface area contributed by atoms with Gasteiger partial charge in [-0.3, -0.25) is 14.2 Å². The van der Waals surface area contributed by atoms with Gasteiger partial charge in [-0.1, -0.05) is 243 Å². The quantitative estimate of drug-likeness (QED) is 0.0195. The first-order chi connectivity index (χ1) is 34.0. The van der Waals surface area contributed by atoms with Crippen molar-refractivity contribution in [2.45, 2.75) is 290 Å². The van der Waals surface area contributed by atoms with Crippen LogP contribution in [0.4, 0.5) is 0 Å². The molecule has 0 heterocycles. The van der Waals surface area contributed by atoms with Crippen LogP contribution in [-0.2, 0) is 32.7 Å². The maximum Gasteiger partial charge on any atom is 0.306 e. The summed E-state index contributed by atoms with van der Waals surface area (Å²) < 4.78 is 34.1. The first kappa shape index (κ1) is 68.2. The second-order valence-electron chi connectivity index (χ2n) is 21.3. The summed E-state index contributed by atoms with van der Waals surface area (Å²) in [6.07, 6.45) is 63.6. The van der Waals surface area contributed by atoms with E-state index in [1.54, 1.807) is 0 Å². The summed E-state index contributed by atoms with van der Waals surface area (Å²) >= 11 is 0. The predicted molar refractivity (Wildman–Crippen MR) is 296 cm³/mol. The van der Waals surface area contributed by atoms with Crippen molar-refractivity contribution in [3.8, 4) is 0 Å². The lowest BCUT2D eigenvalue weighted by Crippen LogP contribution is -2.37. The largest absolute Gasteiger partial charge is 0.756 e. The smallest absolute Gasteiger partial charge is 0.306 e. The number of hydrogen-bond acceptors (Lipinski definition) is 8. The molecular weight excluding hydrogens is 894 g/mol. The van der Waals surface area contributed by atoms with E-state index in [-0.39, 0.29) is 26.1 Å². The van der Waals surface area contributed by atoms with Gasteiger partial charge in [0.15, 0.2) is 6.10 Å². The van der Waals surface area contributed by atoms with E-state index in [0.717, 1.165) is 38.5 Å². The highest BCUT2D eigenvalue weighted by Crippen LogP contribution is 2.38. The van der Waals surface area contributed by atoms with Gasteiger partial charge in [-0.05, 0) is 64.2 Å². The van der Waals surface area contributed by atoms with Crippen molar-refractivity contribution < 1.29 is 42.1 Å². The zero-order chi connectivity index (χ0) is 51.3. The first-order valence-corrected chi connectivity index (χ1v) is 31.2. The minimum Gasteiger partial charge on any atom is -0.756 e. The maximum absolute atomic E-state index is 12.8. The number of ether oxygens (including phenoxy) is 2. The van der Waals surface area contributed by atoms with Gasteiger partial charge in [0.25, 0.3) is 7.82 Å². The van der Waals surface area contributed by atoms with E-state index >= 15 is 0 Å². The number of phosphoric ester groups is 1. The molecule has 0 amide bonds. The van der Waals surface area contributed by atoms with Crippen molar-refractivity contribution >= 4 is 19.8 Å². The fourth-order valence-corrected chi connectivity index (χ4v) is 9.23. The zero-order valence-corrected chi connectivity index (χ0v) is 47.6. The van der Waals surface area contributed by atoms with Gasteiger partial charge in [-0.15, -0.1) is 0 Å². The molecule has 412 valence electrons. The van der Waals surface area contributed by atoms with E-state index in [2.05, 4.69) is 50.3 Å². The maximum atomic E-state index is 12.8. The van der Waals surface area contributed by atoms with Crippen LogP contribution < -0.4 is 4.89 Å². The molecule has 0 saturated heterocycles. The van der Waals surface area contributed by atoms with Gasteiger partial charge in [-0.2, -0.15) is 0 Å². The normalized spacial score (nSPS) is 13.5. The van der Waals surface area contributed by atoms with Crippen LogP contribution in [0.2, 0.25) is 0 Å². The van der Waals surface area contributed by atoms with E-state index in [4.69, 9.17) is 18.5 Å². The number of esters is 2. The second-order valence-corrected chi connectivity index (χ2v) is 22.8. The molecule has 0 radical (unpaired) electrons. The molecule has 0 aromatic carbocycles. The molecule has 70 heavy (non-hydrogen) atoms. The minimum atomic E-state index is -4.65. The lowest BCUT2D eigenvalue weighted by Gasteiger charge is -2.28. The monoisotopic (exact) mass is 1010 g/mol. The molecule has 0 aromatic heterocycles. The summed E-state index contributed by atoms with van der Waals surface area (Å²) in [5.41, 5.74) is 0. The van der Waals surface area contributed by atoms with Crippen LogP contribution in [0, 0.1) is 0 Å². The molecule has 0 aliphatic heterocycles. The van der Waals surface area contributed by atoms with E-state index in [1.807, 2.05) is 21.1 Å². The summed E-state index contributed by atoms with van der Waals surface area (Å²) in [4.78, 5) is 37.8.